The average molecular weight is 737 g/mol. The molecule has 0 spiro atoms. The highest BCUT2D eigenvalue weighted by Crippen LogP contribution is 2.45. The molecule has 10 rings (SSSR count). The Kier molecular flexibility index (Phi) is 8.36. The van der Waals surface area contributed by atoms with Gasteiger partial charge in [-0.05, 0) is 47.2 Å². The van der Waals surface area contributed by atoms with Gasteiger partial charge < -0.3 is 4.57 Å². The predicted molar refractivity (Wildman–Crippen MR) is 231 cm³/mol. The minimum Gasteiger partial charge on any atom is -0.309 e. The van der Waals surface area contributed by atoms with Crippen LogP contribution in [0, 0.1) is 0 Å². The lowest BCUT2D eigenvalue weighted by atomic mass is 9.91. The molecule has 264 valence electrons. The van der Waals surface area contributed by atoms with Crippen molar-refractivity contribution in [1.29, 1.82) is 0 Å². The lowest BCUT2D eigenvalue weighted by Crippen LogP contribution is -2.25. The first-order chi connectivity index (χ1) is 27.6. The van der Waals surface area contributed by atoms with Gasteiger partial charge in [0.15, 0.2) is 13.0 Å². The van der Waals surface area contributed by atoms with Crippen LogP contribution < -0.4 is 15.9 Å². The molecule has 6 heteroatoms. The summed E-state index contributed by atoms with van der Waals surface area (Å²) in [5.41, 5.74) is 6.74. The van der Waals surface area contributed by atoms with Crippen molar-refractivity contribution >= 4 is 55.5 Å². The van der Waals surface area contributed by atoms with Crippen molar-refractivity contribution in [3.8, 4) is 45.3 Å². The Balaban J connectivity index is 1.27. The molecule has 0 aliphatic heterocycles. The van der Waals surface area contributed by atoms with Crippen molar-refractivity contribution in [2.75, 3.05) is 0 Å². The van der Waals surface area contributed by atoms with Crippen LogP contribution in [0.5, 0.6) is 0 Å². The molecular weight excluding hydrogens is 704 g/mol. The van der Waals surface area contributed by atoms with E-state index in [9.17, 15) is 0 Å². The molecule has 0 aliphatic rings. The number of hydrogen-bond acceptors (Lipinski definition) is 5. The normalized spacial score (nSPS) is 11.6. The molecule has 0 unspecified atom stereocenters. The van der Waals surface area contributed by atoms with E-state index in [2.05, 4.69) is 65.6 Å². The van der Waals surface area contributed by atoms with E-state index >= 15 is 4.57 Å². The lowest BCUT2D eigenvalue weighted by molar-refractivity contribution is 0.592. The van der Waals surface area contributed by atoms with Gasteiger partial charge in [-0.25, -0.2) is 15.0 Å². The van der Waals surface area contributed by atoms with E-state index in [4.69, 9.17) is 15.0 Å². The number of fused-ring (bicyclic) bond motifs is 5. The number of hydrogen-bond donors (Lipinski definition) is 0. The zero-order valence-electron chi connectivity index (χ0n) is 30.2. The molecule has 3 aromatic heterocycles. The summed E-state index contributed by atoms with van der Waals surface area (Å²) in [6.45, 7) is 0. The lowest BCUT2D eigenvalue weighted by Gasteiger charge is -2.21. The third-order valence-corrected chi connectivity index (χ3v) is 13.4. The van der Waals surface area contributed by atoms with E-state index in [0.717, 1.165) is 87.8 Å². The van der Waals surface area contributed by atoms with Crippen LogP contribution in [0.2, 0.25) is 0 Å². The smallest absolute Gasteiger partial charge is 0.171 e. The number of para-hydroxylation sites is 1. The maximum atomic E-state index is 15.5. The second kappa shape index (κ2) is 14.0. The molecule has 0 N–H and O–H groups in total. The number of pyridine rings is 2. The summed E-state index contributed by atoms with van der Waals surface area (Å²) >= 11 is 0. The summed E-state index contributed by atoms with van der Waals surface area (Å²) in [5.74, 6) is 0.620. The summed E-state index contributed by atoms with van der Waals surface area (Å²) < 4.78 is 15.5. The Morgan fingerprint density at radius 3 is 1.70 bits per heavy atom. The number of aromatic nitrogens is 4. The fraction of sp³-hybridized carbons (Fsp3) is 0. The maximum absolute atomic E-state index is 15.5. The summed E-state index contributed by atoms with van der Waals surface area (Å²) in [6.07, 6.45) is 1.79. The van der Waals surface area contributed by atoms with E-state index in [1.54, 1.807) is 6.20 Å². The molecule has 56 heavy (non-hydrogen) atoms. The molecule has 0 amide bonds. The standard InChI is InChI=1S/C50H33N4OP/c55-56(36-20-6-2-7-21-36,37-22-8-3-9-23-37)38-24-16-19-35(31-38)49-43-32-42(39-25-10-11-26-40(39)48(43)41-27-12-13-28-44(41)52-49)46-33-47(45-29-14-15-30-51-45)54-50(53-46)34-17-4-1-5-18-34/h1-33H. The van der Waals surface area contributed by atoms with Gasteiger partial charge in [-0.1, -0.05) is 158 Å². The van der Waals surface area contributed by atoms with Crippen LogP contribution in [0.1, 0.15) is 0 Å². The van der Waals surface area contributed by atoms with Crippen molar-refractivity contribution in [3.05, 3.63) is 200 Å². The van der Waals surface area contributed by atoms with Crippen LogP contribution >= 0.6 is 7.14 Å². The van der Waals surface area contributed by atoms with Gasteiger partial charge >= 0.3 is 0 Å². The molecule has 0 saturated carbocycles. The monoisotopic (exact) mass is 736 g/mol. The topological polar surface area (TPSA) is 68.6 Å². The third-order valence-electron chi connectivity index (χ3n) is 10.4. The van der Waals surface area contributed by atoms with Crippen LogP contribution in [0.15, 0.2) is 200 Å². The minimum absolute atomic E-state index is 0.620. The molecule has 10 aromatic rings. The first kappa shape index (κ1) is 33.5. The van der Waals surface area contributed by atoms with Gasteiger partial charge in [-0.3, -0.25) is 4.98 Å². The zero-order chi connectivity index (χ0) is 37.5. The maximum Gasteiger partial charge on any atom is 0.171 e. The summed E-state index contributed by atoms with van der Waals surface area (Å²) in [4.78, 5) is 20.3. The Morgan fingerprint density at radius 1 is 0.393 bits per heavy atom. The molecule has 0 bridgehead atoms. The quantitative estimate of drug-likeness (QED) is 0.120. The van der Waals surface area contributed by atoms with Crippen LogP contribution in [0.25, 0.3) is 77.7 Å². The molecule has 0 aliphatic carbocycles. The highest BCUT2D eigenvalue weighted by molar-refractivity contribution is 7.85. The van der Waals surface area contributed by atoms with Gasteiger partial charge in [-0.15, -0.1) is 0 Å². The summed E-state index contributed by atoms with van der Waals surface area (Å²) in [7, 11) is -3.25. The Morgan fingerprint density at radius 2 is 0.982 bits per heavy atom. The largest absolute Gasteiger partial charge is 0.309 e. The molecule has 5 nitrogen and oxygen atoms in total. The van der Waals surface area contributed by atoms with Crippen LogP contribution in [0.4, 0.5) is 0 Å². The van der Waals surface area contributed by atoms with Gasteiger partial charge in [-0.2, -0.15) is 0 Å². The zero-order valence-corrected chi connectivity index (χ0v) is 31.1. The summed E-state index contributed by atoms with van der Waals surface area (Å²) in [5, 5.41) is 7.62. The van der Waals surface area contributed by atoms with Gasteiger partial charge in [0.1, 0.15) is 0 Å². The molecule has 7 aromatic carbocycles. The van der Waals surface area contributed by atoms with Crippen molar-refractivity contribution in [2.24, 2.45) is 0 Å². The van der Waals surface area contributed by atoms with Gasteiger partial charge in [0.05, 0.1) is 28.3 Å². The van der Waals surface area contributed by atoms with Crippen molar-refractivity contribution < 1.29 is 4.57 Å². The van der Waals surface area contributed by atoms with Gasteiger partial charge in [0.25, 0.3) is 0 Å². The minimum atomic E-state index is -3.25. The van der Waals surface area contributed by atoms with Gasteiger partial charge in [0, 0.05) is 55.0 Å². The fourth-order valence-corrected chi connectivity index (χ4v) is 10.5. The van der Waals surface area contributed by atoms with Crippen LogP contribution in [-0.4, -0.2) is 19.9 Å². The van der Waals surface area contributed by atoms with E-state index in [0.29, 0.717) is 5.82 Å². The number of rotatable bonds is 7. The van der Waals surface area contributed by atoms with E-state index < -0.39 is 7.14 Å². The second-order valence-corrected chi connectivity index (χ2v) is 16.5. The van der Waals surface area contributed by atoms with E-state index in [1.807, 2.05) is 133 Å². The highest BCUT2D eigenvalue weighted by atomic mass is 31.2. The molecule has 0 radical (unpaired) electrons. The van der Waals surface area contributed by atoms with E-state index in [1.165, 1.54) is 0 Å². The van der Waals surface area contributed by atoms with Crippen LogP contribution in [0.3, 0.4) is 0 Å². The predicted octanol–water partition coefficient (Wildman–Crippen LogP) is 11.0. The number of nitrogens with zero attached hydrogens (tertiary/aromatic N) is 4. The van der Waals surface area contributed by atoms with Gasteiger partial charge in [0.2, 0.25) is 0 Å². The average Bonchev–Trinajstić information content (AvgIpc) is 3.29. The Bertz CT molecular complexity index is 3000. The first-order valence-corrected chi connectivity index (χ1v) is 20.3. The van der Waals surface area contributed by atoms with E-state index in [-0.39, 0.29) is 0 Å². The Hall–Kier alpha value is -7.07. The molecule has 0 fully saturated rings. The van der Waals surface area contributed by atoms with Crippen molar-refractivity contribution in [2.45, 2.75) is 0 Å². The highest BCUT2D eigenvalue weighted by Gasteiger charge is 2.30. The number of benzene rings is 7. The van der Waals surface area contributed by atoms with Crippen LogP contribution in [-0.2, 0) is 4.57 Å². The molecule has 3 heterocycles. The molecule has 0 atom stereocenters. The van der Waals surface area contributed by atoms with Crippen molar-refractivity contribution in [3.63, 3.8) is 0 Å². The fourth-order valence-electron chi connectivity index (χ4n) is 7.77. The second-order valence-electron chi connectivity index (χ2n) is 13.7. The Labute approximate surface area is 324 Å². The molecular formula is C50H33N4OP. The third kappa shape index (κ3) is 5.78. The summed E-state index contributed by atoms with van der Waals surface area (Å²) in [6, 6.07) is 64.8. The van der Waals surface area contributed by atoms with Crippen molar-refractivity contribution in [1.82, 2.24) is 19.9 Å². The SMILES string of the molecule is O=P(c1ccccc1)(c1ccccc1)c1cccc(-c2nc3ccccc3c3c2cc(-c2cc(-c4ccccn4)nc(-c4ccccc4)n2)c2ccccc23)c1. The first-order valence-electron chi connectivity index (χ1n) is 18.6. The molecule has 0 saturated heterocycles.